The van der Waals surface area contributed by atoms with Gasteiger partial charge in [0.1, 0.15) is 5.82 Å². The van der Waals surface area contributed by atoms with Crippen molar-refractivity contribution in [2.75, 3.05) is 5.73 Å². The van der Waals surface area contributed by atoms with Gasteiger partial charge in [0.05, 0.1) is 17.0 Å². The molecule has 0 radical (unpaired) electrons. The van der Waals surface area contributed by atoms with Gasteiger partial charge in [0.15, 0.2) is 5.76 Å². The maximum Gasteiger partial charge on any atom is 0.151 e. The number of aromatic nitrogens is 2. The Balaban J connectivity index is 0.000000956. The first-order valence-electron chi connectivity index (χ1n) is 6.56. The fraction of sp³-hybridized carbons (Fsp3) is 0.267. The number of nitrogen functional groups attached to an aromatic ring is 1. The maximum absolute atomic E-state index is 10.2. The van der Waals surface area contributed by atoms with Gasteiger partial charge >= 0.3 is 0 Å². The Morgan fingerprint density at radius 3 is 2.20 bits per heavy atom. The summed E-state index contributed by atoms with van der Waals surface area (Å²) in [6.07, 6.45) is 0. The van der Waals surface area contributed by atoms with Gasteiger partial charge in [0.25, 0.3) is 0 Å². The van der Waals surface area contributed by atoms with E-state index in [1.54, 1.807) is 14.0 Å². The summed E-state index contributed by atoms with van der Waals surface area (Å²) in [4.78, 5) is 0. The number of nitrogens with zero attached hydrogens (tertiary/aromatic N) is 2. The van der Waals surface area contributed by atoms with E-state index in [0.29, 0.717) is 22.8 Å². The van der Waals surface area contributed by atoms with Crippen molar-refractivity contribution < 1.29 is 5.11 Å². The molecule has 0 aliphatic rings. The second-order valence-electron chi connectivity index (χ2n) is 4.10. The molecule has 108 valence electrons. The van der Waals surface area contributed by atoms with Crippen LogP contribution in [0, 0.1) is 6.92 Å². The molecule has 0 aliphatic carbocycles. The Hall–Kier alpha value is -2.43. The smallest absolute Gasteiger partial charge is 0.151 e. The molecule has 0 saturated heterocycles. The predicted molar refractivity (Wildman–Crippen MR) is 83.8 cm³/mol. The van der Waals surface area contributed by atoms with Crippen molar-refractivity contribution in [2.24, 2.45) is 12.8 Å². The van der Waals surface area contributed by atoms with E-state index in [1.165, 1.54) is 4.68 Å². The summed E-state index contributed by atoms with van der Waals surface area (Å²) in [6.45, 7) is 5.78. The van der Waals surface area contributed by atoms with Gasteiger partial charge in [0.2, 0.25) is 0 Å². The summed E-state index contributed by atoms with van der Waals surface area (Å²) in [6, 6.07) is 9.25. The van der Waals surface area contributed by atoms with Gasteiger partial charge in [-0.25, -0.2) is 0 Å². The molecular weight excluding hydrogens is 252 g/mol. The third kappa shape index (κ3) is 2.93. The van der Waals surface area contributed by atoms with Crippen molar-refractivity contribution >= 4 is 17.3 Å². The molecule has 2 aromatic rings. The van der Waals surface area contributed by atoms with Gasteiger partial charge in [-0.15, -0.1) is 0 Å². The molecule has 1 heterocycles. The highest BCUT2D eigenvalue weighted by atomic mass is 16.3. The van der Waals surface area contributed by atoms with Crippen LogP contribution in [0.4, 0.5) is 5.82 Å². The number of anilines is 1. The molecule has 2 rings (SSSR count). The number of hydrogen-bond acceptors (Lipinski definition) is 4. The van der Waals surface area contributed by atoms with Crippen LogP contribution in [0.15, 0.2) is 30.3 Å². The van der Waals surface area contributed by atoms with E-state index < -0.39 is 0 Å². The van der Waals surface area contributed by atoms with Crippen molar-refractivity contribution in [3.8, 4) is 0 Å². The van der Waals surface area contributed by atoms with Crippen LogP contribution in [-0.2, 0) is 7.05 Å². The minimum Gasteiger partial charge on any atom is -0.505 e. The fourth-order valence-electron chi connectivity index (χ4n) is 1.86. The standard InChI is InChI=1S/C13H16N4O.C2H6/c1-8-10(13(15)17(2)16-8)12(18)11(14)9-6-4-3-5-7-9;1-2/h3-7,18H,14-15H2,1-2H3;1-2H3/b12-11+;. The van der Waals surface area contributed by atoms with E-state index in [9.17, 15) is 5.11 Å². The number of nitrogens with two attached hydrogens (primary N) is 2. The van der Waals surface area contributed by atoms with E-state index in [2.05, 4.69) is 5.10 Å². The number of aliphatic hydroxyl groups is 1. The van der Waals surface area contributed by atoms with Gasteiger partial charge in [-0.05, 0) is 6.92 Å². The number of aryl methyl sites for hydroxylation is 2. The van der Waals surface area contributed by atoms with Crippen LogP contribution in [0.5, 0.6) is 0 Å². The number of benzene rings is 1. The molecule has 5 nitrogen and oxygen atoms in total. The van der Waals surface area contributed by atoms with Crippen LogP contribution >= 0.6 is 0 Å². The van der Waals surface area contributed by atoms with E-state index in [4.69, 9.17) is 11.5 Å². The van der Waals surface area contributed by atoms with Crippen LogP contribution in [0.25, 0.3) is 11.5 Å². The fourth-order valence-corrected chi connectivity index (χ4v) is 1.86. The predicted octanol–water partition coefficient (Wildman–Crippen LogP) is 2.68. The number of rotatable bonds is 2. The molecule has 5 heteroatoms. The monoisotopic (exact) mass is 274 g/mol. The molecule has 0 aliphatic heterocycles. The first kappa shape index (κ1) is 15.6. The summed E-state index contributed by atoms with van der Waals surface area (Å²) >= 11 is 0. The topological polar surface area (TPSA) is 90.1 Å². The van der Waals surface area contributed by atoms with Crippen LogP contribution in [0.2, 0.25) is 0 Å². The Labute approximate surface area is 119 Å². The van der Waals surface area contributed by atoms with Crippen LogP contribution < -0.4 is 11.5 Å². The quantitative estimate of drug-likeness (QED) is 0.734. The average Bonchev–Trinajstić information content (AvgIpc) is 2.74. The Morgan fingerprint density at radius 1 is 1.20 bits per heavy atom. The Bertz CT molecular complexity index is 600. The highest BCUT2D eigenvalue weighted by molar-refractivity contribution is 5.88. The summed E-state index contributed by atoms with van der Waals surface area (Å²) in [5.41, 5.74) is 14.0. The molecule has 0 fully saturated rings. The molecule has 0 atom stereocenters. The lowest BCUT2D eigenvalue weighted by molar-refractivity contribution is 0.512. The average molecular weight is 274 g/mol. The van der Waals surface area contributed by atoms with Crippen molar-refractivity contribution in [2.45, 2.75) is 20.8 Å². The number of hydrogen-bond donors (Lipinski definition) is 3. The lowest BCUT2D eigenvalue weighted by atomic mass is 10.1. The van der Waals surface area contributed by atoms with Gasteiger partial charge in [-0.3, -0.25) is 4.68 Å². The highest BCUT2D eigenvalue weighted by Crippen LogP contribution is 2.27. The SMILES string of the molecule is CC.Cc1nn(C)c(N)c1/C(O)=C(\N)c1ccccc1. The molecule has 0 saturated carbocycles. The summed E-state index contributed by atoms with van der Waals surface area (Å²) in [5.74, 6) is 0.355. The molecule has 20 heavy (non-hydrogen) atoms. The minimum absolute atomic E-state index is 0.0377. The van der Waals surface area contributed by atoms with Crippen molar-refractivity contribution in [1.82, 2.24) is 9.78 Å². The lowest BCUT2D eigenvalue weighted by Crippen LogP contribution is -2.04. The van der Waals surface area contributed by atoms with Gasteiger partial charge in [-0.1, -0.05) is 44.2 Å². The van der Waals surface area contributed by atoms with Crippen molar-refractivity contribution in [1.29, 1.82) is 0 Å². The second-order valence-corrected chi connectivity index (χ2v) is 4.10. The molecule has 0 bridgehead atoms. The van der Waals surface area contributed by atoms with Crippen LogP contribution in [0.1, 0.15) is 30.7 Å². The molecule has 0 amide bonds. The molecule has 0 spiro atoms. The zero-order chi connectivity index (χ0) is 15.3. The first-order chi connectivity index (χ1) is 9.52. The van der Waals surface area contributed by atoms with E-state index in [0.717, 1.165) is 5.56 Å². The molecule has 1 aromatic heterocycles. The van der Waals surface area contributed by atoms with E-state index >= 15 is 0 Å². The van der Waals surface area contributed by atoms with Crippen molar-refractivity contribution in [3.05, 3.63) is 47.2 Å². The van der Waals surface area contributed by atoms with Crippen molar-refractivity contribution in [3.63, 3.8) is 0 Å². The normalized spacial score (nSPS) is 11.4. The molecular formula is C15H22N4O. The zero-order valence-electron chi connectivity index (χ0n) is 12.4. The Morgan fingerprint density at radius 2 is 1.75 bits per heavy atom. The summed E-state index contributed by atoms with van der Waals surface area (Å²) in [5, 5.41) is 14.4. The third-order valence-corrected chi connectivity index (χ3v) is 2.84. The highest BCUT2D eigenvalue weighted by Gasteiger charge is 2.17. The van der Waals surface area contributed by atoms with E-state index in [-0.39, 0.29) is 5.76 Å². The zero-order valence-corrected chi connectivity index (χ0v) is 12.4. The summed E-state index contributed by atoms with van der Waals surface area (Å²) in [7, 11) is 1.72. The largest absolute Gasteiger partial charge is 0.505 e. The minimum atomic E-state index is -0.0377. The van der Waals surface area contributed by atoms with E-state index in [1.807, 2.05) is 44.2 Å². The lowest BCUT2D eigenvalue weighted by Gasteiger charge is -2.07. The number of aliphatic hydroxyl groups excluding tert-OH is 1. The van der Waals surface area contributed by atoms with Gasteiger partial charge in [-0.2, -0.15) is 5.10 Å². The first-order valence-corrected chi connectivity index (χ1v) is 6.56. The Kier molecular flexibility index (Phi) is 5.20. The van der Waals surface area contributed by atoms with Crippen LogP contribution in [-0.4, -0.2) is 14.9 Å². The maximum atomic E-state index is 10.2. The summed E-state index contributed by atoms with van der Waals surface area (Å²) < 4.78 is 1.51. The third-order valence-electron chi connectivity index (χ3n) is 2.84. The molecule has 1 aromatic carbocycles. The van der Waals surface area contributed by atoms with Gasteiger partial charge < -0.3 is 16.6 Å². The van der Waals surface area contributed by atoms with Crippen LogP contribution in [0.3, 0.4) is 0 Å². The second kappa shape index (κ2) is 6.65. The molecule has 5 N–H and O–H groups in total. The van der Waals surface area contributed by atoms with Gasteiger partial charge in [0, 0.05) is 12.6 Å². The molecule has 0 unspecified atom stereocenters.